The molecule has 3 aromatic carbocycles. The minimum absolute atomic E-state index is 0.00640. The molecule has 0 bridgehead atoms. The first-order chi connectivity index (χ1) is 15.2. The van der Waals surface area contributed by atoms with Crippen LogP contribution < -0.4 is 0 Å². The molecule has 1 aliphatic carbocycles. The molecule has 158 valence electrons. The summed E-state index contributed by atoms with van der Waals surface area (Å²) >= 11 is 0. The molecule has 0 heterocycles. The smallest absolute Gasteiger partial charge is 0.168 e. The predicted octanol–water partition coefficient (Wildman–Crippen LogP) is 6.58. The lowest BCUT2D eigenvalue weighted by molar-refractivity contribution is -0.115. The summed E-state index contributed by atoms with van der Waals surface area (Å²) < 4.78 is 0. The maximum absolute atomic E-state index is 13.2. The zero-order valence-corrected chi connectivity index (χ0v) is 18.1. The summed E-state index contributed by atoms with van der Waals surface area (Å²) in [5.74, 6) is 0.249. The number of hydrogen-bond donors (Lipinski definition) is 1. The van der Waals surface area contributed by atoms with Crippen molar-refractivity contribution in [1.29, 1.82) is 0 Å². The van der Waals surface area contributed by atoms with E-state index in [0.717, 1.165) is 40.5 Å². The maximum atomic E-state index is 13.2. The highest BCUT2D eigenvalue weighted by atomic mass is 16.3. The van der Waals surface area contributed by atoms with Gasteiger partial charge in [0.1, 0.15) is 5.76 Å². The number of allylic oxidation sites excluding steroid dienone is 2. The molecule has 0 aliphatic heterocycles. The van der Waals surface area contributed by atoms with Crippen molar-refractivity contribution in [3.05, 3.63) is 95.3 Å². The third-order valence-corrected chi connectivity index (χ3v) is 6.05. The van der Waals surface area contributed by atoms with Crippen LogP contribution in [0.1, 0.15) is 49.7 Å². The van der Waals surface area contributed by atoms with Gasteiger partial charge in [-0.15, -0.1) is 0 Å². The molecule has 4 rings (SSSR count). The zero-order chi connectivity index (χ0) is 21.6. The first-order valence-electron chi connectivity index (χ1n) is 11.2. The second kappa shape index (κ2) is 9.74. The fraction of sp³-hybridized carbons (Fsp3) is 0.286. The van der Waals surface area contributed by atoms with E-state index in [1.807, 2.05) is 42.5 Å². The van der Waals surface area contributed by atoms with Gasteiger partial charge >= 0.3 is 0 Å². The summed E-state index contributed by atoms with van der Waals surface area (Å²) in [5, 5.41) is 13.4. The number of carbonyl (C=O) groups is 1. The molecule has 3 nitrogen and oxygen atoms in total. The Hall–Kier alpha value is -3.20. The molecule has 0 amide bonds. The van der Waals surface area contributed by atoms with Crippen LogP contribution in [0.25, 0.3) is 10.8 Å². The van der Waals surface area contributed by atoms with Gasteiger partial charge in [-0.05, 0) is 40.7 Å². The number of aliphatic hydroxyl groups is 1. The first kappa shape index (κ1) is 21.0. The van der Waals surface area contributed by atoms with Crippen LogP contribution in [0.2, 0.25) is 0 Å². The second-order valence-corrected chi connectivity index (χ2v) is 8.26. The van der Waals surface area contributed by atoms with Crippen molar-refractivity contribution in [3.63, 3.8) is 0 Å². The largest absolute Gasteiger partial charge is 0.511 e. The van der Waals surface area contributed by atoms with Crippen molar-refractivity contribution in [2.75, 3.05) is 6.54 Å². The van der Waals surface area contributed by atoms with Crippen LogP contribution in [-0.4, -0.2) is 23.1 Å². The van der Waals surface area contributed by atoms with E-state index in [1.165, 1.54) is 0 Å². The Labute approximate surface area is 184 Å². The number of hydrogen-bond acceptors (Lipinski definition) is 3. The minimum Gasteiger partial charge on any atom is -0.511 e. The lowest BCUT2D eigenvalue weighted by Gasteiger charge is -2.26. The lowest BCUT2D eigenvalue weighted by Crippen LogP contribution is -2.27. The Kier molecular flexibility index (Phi) is 6.61. The number of benzene rings is 3. The van der Waals surface area contributed by atoms with Crippen LogP contribution in [0, 0.1) is 0 Å². The standard InChI is InChI=1S/C28H29NO2/c1-2-3-16-29-25-17-23(20-10-5-4-6-11-20)19-27(31)28(25)26(30)18-22-14-9-13-21-12-7-8-15-24(21)22/h4-15,23,30H,2-3,16-19H2,1H3/b28-26+,29-25?. The van der Waals surface area contributed by atoms with E-state index < -0.39 is 0 Å². The molecule has 1 unspecified atom stereocenters. The van der Waals surface area contributed by atoms with Crippen LogP contribution in [0.15, 0.2) is 89.1 Å². The Bertz CT molecular complexity index is 1120. The molecule has 0 spiro atoms. The molecule has 1 fully saturated rings. The monoisotopic (exact) mass is 411 g/mol. The van der Waals surface area contributed by atoms with Gasteiger partial charge in [0.15, 0.2) is 5.78 Å². The summed E-state index contributed by atoms with van der Waals surface area (Å²) in [7, 11) is 0. The molecule has 31 heavy (non-hydrogen) atoms. The molecule has 1 aliphatic rings. The van der Waals surface area contributed by atoms with Gasteiger partial charge in [-0.2, -0.15) is 0 Å². The normalized spacial score (nSPS) is 19.7. The summed E-state index contributed by atoms with van der Waals surface area (Å²) in [4.78, 5) is 18.0. The summed E-state index contributed by atoms with van der Waals surface area (Å²) in [6.45, 7) is 2.82. The van der Waals surface area contributed by atoms with Crippen LogP contribution in [-0.2, 0) is 11.2 Å². The van der Waals surface area contributed by atoms with E-state index in [-0.39, 0.29) is 17.5 Å². The number of ketones is 1. The van der Waals surface area contributed by atoms with Gasteiger partial charge in [-0.1, -0.05) is 86.1 Å². The van der Waals surface area contributed by atoms with Crippen molar-refractivity contribution in [2.45, 2.75) is 44.9 Å². The zero-order valence-electron chi connectivity index (χ0n) is 18.1. The highest BCUT2D eigenvalue weighted by molar-refractivity contribution is 6.24. The van der Waals surface area contributed by atoms with E-state index in [0.29, 0.717) is 31.4 Å². The van der Waals surface area contributed by atoms with Gasteiger partial charge < -0.3 is 5.11 Å². The fourth-order valence-electron chi connectivity index (χ4n) is 4.41. The quantitative estimate of drug-likeness (QED) is 0.283. The van der Waals surface area contributed by atoms with E-state index in [1.54, 1.807) is 0 Å². The third kappa shape index (κ3) is 4.77. The third-order valence-electron chi connectivity index (χ3n) is 6.05. The van der Waals surface area contributed by atoms with Crippen molar-refractivity contribution in [1.82, 2.24) is 0 Å². The summed E-state index contributed by atoms with van der Waals surface area (Å²) in [6, 6.07) is 24.4. The van der Waals surface area contributed by atoms with Crippen molar-refractivity contribution in [2.24, 2.45) is 4.99 Å². The molecule has 3 aromatic rings. The molecule has 3 heteroatoms. The molecule has 1 saturated carbocycles. The molecule has 0 radical (unpaired) electrons. The second-order valence-electron chi connectivity index (χ2n) is 8.26. The molecule has 1 N–H and O–H groups in total. The topological polar surface area (TPSA) is 49.7 Å². The molecule has 0 aromatic heterocycles. The van der Waals surface area contributed by atoms with E-state index >= 15 is 0 Å². The maximum Gasteiger partial charge on any atom is 0.168 e. The number of carbonyl (C=O) groups excluding carboxylic acids is 1. The van der Waals surface area contributed by atoms with E-state index in [9.17, 15) is 9.90 Å². The molecular weight excluding hydrogens is 382 g/mol. The van der Waals surface area contributed by atoms with Crippen LogP contribution in [0.3, 0.4) is 0 Å². The van der Waals surface area contributed by atoms with Gasteiger partial charge in [-0.3, -0.25) is 9.79 Å². The van der Waals surface area contributed by atoms with Gasteiger partial charge in [0, 0.05) is 25.1 Å². The number of unbranched alkanes of at least 4 members (excludes halogenated alkanes) is 1. The number of rotatable bonds is 6. The molecular formula is C28H29NO2. The Morgan fingerprint density at radius 3 is 2.52 bits per heavy atom. The average molecular weight is 412 g/mol. The molecule has 1 atom stereocenters. The van der Waals surface area contributed by atoms with Gasteiger partial charge in [-0.25, -0.2) is 0 Å². The summed E-state index contributed by atoms with van der Waals surface area (Å²) in [6.07, 6.45) is 3.46. The highest BCUT2D eigenvalue weighted by Gasteiger charge is 2.32. The fourth-order valence-corrected chi connectivity index (χ4v) is 4.41. The SMILES string of the molecule is CCCCN=C1CC(c2ccccc2)CC(=O)/C1=C(/O)Cc1cccc2ccccc12. The van der Waals surface area contributed by atoms with Crippen molar-refractivity contribution in [3.8, 4) is 0 Å². The Morgan fingerprint density at radius 1 is 0.968 bits per heavy atom. The highest BCUT2D eigenvalue weighted by Crippen LogP contribution is 2.34. The minimum atomic E-state index is -0.00640. The summed E-state index contributed by atoms with van der Waals surface area (Å²) in [5.41, 5.74) is 3.38. The van der Waals surface area contributed by atoms with Crippen LogP contribution >= 0.6 is 0 Å². The van der Waals surface area contributed by atoms with E-state index in [2.05, 4.69) is 37.3 Å². The predicted molar refractivity (Wildman–Crippen MR) is 128 cm³/mol. The van der Waals surface area contributed by atoms with Gasteiger partial charge in [0.2, 0.25) is 0 Å². The van der Waals surface area contributed by atoms with Gasteiger partial charge in [0.25, 0.3) is 0 Å². The molecule has 0 saturated heterocycles. The van der Waals surface area contributed by atoms with Crippen LogP contribution in [0.5, 0.6) is 0 Å². The van der Waals surface area contributed by atoms with Crippen molar-refractivity contribution < 1.29 is 9.90 Å². The van der Waals surface area contributed by atoms with E-state index in [4.69, 9.17) is 4.99 Å². The lowest BCUT2D eigenvalue weighted by atomic mass is 9.78. The van der Waals surface area contributed by atoms with Crippen LogP contribution in [0.4, 0.5) is 0 Å². The Morgan fingerprint density at radius 2 is 1.71 bits per heavy atom. The van der Waals surface area contributed by atoms with Crippen molar-refractivity contribution >= 4 is 22.3 Å². The first-order valence-corrected chi connectivity index (χ1v) is 11.2. The number of fused-ring (bicyclic) bond motifs is 1. The number of aliphatic imine (C=N–C) groups is 1. The van der Waals surface area contributed by atoms with Gasteiger partial charge in [0.05, 0.1) is 5.57 Å². The number of aliphatic hydroxyl groups excluding tert-OH is 1. The Balaban J connectivity index is 1.69. The number of Topliss-reactive ketones (excluding diaryl/α,β-unsaturated/α-hetero) is 1. The number of nitrogens with zero attached hydrogens (tertiary/aromatic N) is 1. The average Bonchev–Trinajstić information content (AvgIpc) is 2.80.